The van der Waals surface area contributed by atoms with Crippen LogP contribution in [0, 0.1) is 0 Å². The maximum Gasteiger partial charge on any atom is 0.328 e. The van der Waals surface area contributed by atoms with Crippen LogP contribution in [0.2, 0.25) is 5.02 Å². The van der Waals surface area contributed by atoms with Gasteiger partial charge in [-0.3, -0.25) is 9.59 Å². The first-order valence-corrected chi connectivity index (χ1v) is 12.6. The Hall–Kier alpha value is -2.30. The first-order valence-electron chi connectivity index (χ1n) is 10.4. The van der Waals surface area contributed by atoms with E-state index in [-0.39, 0.29) is 18.3 Å². The van der Waals surface area contributed by atoms with Gasteiger partial charge in [-0.15, -0.1) is 11.8 Å². The minimum Gasteiger partial charge on any atom is -0.447 e. The fraction of sp³-hybridized carbons (Fsp3) is 0.304. The highest BCUT2D eigenvalue weighted by Gasteiger charge is 2.50. The molecule has 1 aromatic carbocycles. The van der Waals surface area contributed by atoms with E-state index in [2.05, 4.69) is 15.3 Å². The standard InChI is InChI=1S/C23H20ClN3O4S2/c24-16-3-1-2-4-19(16)33-20-17(28)9-23(31-22(20)29,14-5-8-32-13-14)15-10-26-21(27-11-15)18-12-25-6-7-30-18/h1-5,8,10-11,13,18,20,25H,6-7,9,12H2. The van der Waals surface area contributed by atoms with Gasteiger partial charge in [-0.25, -0.2) is 9.97 Å². The summed E-state index contributed by atoms with van der Waals surface area (Å²) in [7, 11) is 0. The Bertz CT molecular complexity index is 1130. The van der Waals surface area contributed by atoms with Crippen molar-refractivity contribution in [2.24, 2.45) is 0 Å². The molecule has 4 heterocycles. The number of morpholine rings is 1. The van der Waals surface area contributed by atoms with Crippen LogP contribution in [0.4, 0.5) is 0 Å². The third-order valence-corrected chi connectivity index (χ3v) is 8.05. The van der Waals surface area contributed by atoms with Gasteiger partial charge in [0.2, 0.25) is 0 Å². The average molecular weight is 502 g/mol. The number of thiophene rings is 1. The zero-order chi connectivity index (χ0) is 22.8. The molecule has 0 saturated carbocycles. The molecule has 1 N–H and O–H groups in total. The van der Waals surface area contributed by atoms with Gasteiger partial charge in [0.25, 0.3) is 0 Å². The minimum atomic E-state index is -1.27. The number of thioether (sulfide) groups is 1. The van der Waals surface area contributed by atoms with Crippen LogP contribution in [0.1, 0.15) is 29.5 Å². The molecule has 2 saturated heterocycles. The number of nitrogens with zero attached hydrogens (tertiary/aromatic N) is 2. The summed E-state index contributed by atoms with van der Waals surface area (Å²) in [5.41, 5.74) is 0.00857. The lowest BCUT2D eigenvalue weighted by Gasteiger charge is -2.38. The molecule has 3 unspecified atom stereocenters. The second kappa shape index (κ2) is 9.52. The second-order valence-electron chi connectivity index (χ2n) is 7.73. The first-order chi connectivity index (χ1) is 16.1. The topological polar surface area (TPSA) is 90.4 Å². The second-order valence-corrected chi connectivity index (χ2v) is 10.1. The normalized spacial score (nSPS) is 25.6. The van der Waals surface area contributed by atoms with Crippen molar-refractivity contribution in [2.75, 3.05) is 19.7 Å². The number of hydrogen-bond donors (Lipinski definition) is 1. The van der Waals surface area contributed by atoms with Crippen molar-refractivity contribution in [3.8, 4) is 0 Å². The third-order valence-electron chi connectivity index (χ3n) is 5.63. The summed E-state index contributed by atoms with van der Waals surface area (Å²) in [4.78, 5) is 36.1. The van der Waals surface area contributed by atoms with Crippen LogP contribution in [-0.4, -0.2) is 46.7 Å². The number of Topliss-reactive ketones (excluding diaryl/α,β-unsaturated/α-hetero) is 1. The van der Waals surface area contributed by atoms with Crippen LogP contribution in [0.25, 0.3) is 0 Å². The molecule has 0 aliphatic carbocycles. The van der Waals surface area contributed by atoms with E-state index in [0.29, 0.717) is 34.5 Å². The van der Waals surface area contributed by atoms with E-state index >= 15 is 0 Å². The fourth-order valence-corrected chi connectivity index (χ4v) is 5.88. The maximum absolute atomic E-state index is 13.3. The van der Waals surface area contributed by atoms with E-state index in [1.165, 1.54) is 11.3 Å². The Morgan fingerprint density at radius 3 is 2.64 bits per heavy atom. The van der Waals surface area contributed by atoms with E-state index < -0.39 is 16.8 Å². The summed E-state index contributed by atoms with van der Waals surface area (Å²) in [5.74, 6) is -0.287. The number of benzene rings is 1. The van der Waals surface area contributed by atoms with Crippen molar-refractivity contribution in [3.05, 3.63) is 75.5 Å². The van der Waals surface area contributed by atoms with E-state index in [1.807, 2.05) is 22.9 Å². The van der Waals surface area contributed by atoms with Crippen molar-refractivity contribution >= 4 is 46.5 Å². The lowest BCUT2D eigenvalue weighted by Crippen LogP contribution is -2.48. The van der Waals surface area contributed by atoms with Gasteiger partial charge in [-0.2, -0.15) is 11.3 Å². The summed E-state index contributed by atoms with van der Waals surface area (Å²) in [6.07, 6.45) is 3.00. The summed E-state index contributed by atoms with van der Waals surface area (Å²) in [6, 6.07) is 8.97. The van der Waals surface area contributed by atoms with Crippen LogP contribution in [0.5, 0.6) is 0 Å². The highest BCUT2D eigenvalue weighted by molar-refractivity contribution is 8.01. The maximum atomic E-state index is 13.3. The molecule has 3 atom stereocenters. The summed E-state index contributed by atoms with van der Waals surface area (Å²) in [6.45, 7) is 2.01. The van der Waals surface area contributed by atoms with E-state index in [1.54, 1.807) is 30.6 Å². The summed E-state index contributed by atoms with van der Waals surface area (Å²) < 4.78 is 11.8. The number of cyclic esters (lactones) is 1. The Morgan fingerprint density at radius 2 is 1.97 bits per heavy atom. The van der Waals surface area contributed by atoms with Gasteiger partial charge in [0.05, 0.1) is 18.1 Å². The van der Waals surface area contributed by atoms with E-state index in [4.69, 9.17) is 21.1 Å². The molecule has 2 aliphatic rings. The van der Waals surface area contributed by atoms with Gasteiger partial charge in [-0.1, -0.05) is 23.7 Å². The van der Waals surface area contributed by atoms with Crippen molar-refractivity contribution in [2.45, 2.75) is 28.3 Å². The Balaban J connectivity index is 1.45. The molecule has 10 heteroatoms. The van der Waals surface area contributed by atoms with Gasteiger partial charge in [0.15, 0.2) is 22.5 Å². The van der Waals surface area contributed by atoms with Crippen molar-refractivity contribution in [1.29, 1.82) is 0 Å². The number of carbonyl (C=O) groups is 2. The average Bonchev–Trinajstić information content (AvgIpc) is 3.39. The van der Waals surface area contributed by atoms with Gasteiger partial charge < -0.3 is 14.8 Å². The highest BCUT2D eigenvalue weighted by atomic mass is 35.5. The molecule has 2 aliphatic heterocycles. The number of ketones is 1. The van der Waals surface area contributed by atoms with Crippen LogP contribution < -0.4 is 5.32 Å². The van der Waals surface area contributed by atoms with Crippen molar-refractivity contribution < 1.29 is 19.1 Å². The Labute approximate surface area is 203 Å². The first kappa shape index (κ1) is 22.5. The van der Waals surface area contributed by atoms with E-state index in [0.717, 1.165) is 23.9 Å². The Morgan fingerprint density at radius 1 is 1.15 bits per heavy atom. The number of aromatic nitrogens is 2. The number of rotatable bonds is 5. The molecule has 2 aromatic heterocycles. The molecule has 0 bridgehead atoms. The van der Waals surface area contributed by atoms with Gasteiger partial charge in [-0.05, 0) is 29.0 Å². The van der Waals surface area contributed by atoms with Crippen molar-refractivity contribution in [3.63, 3.8) is 0 Å². The number of nitrogens with one attached hydrogen (secondary N) is 1. The monoisotopic (exact) mass is 501 g/mol. The fourth-order valence-electron chi connectivity index (χ4n) is 3.94. The number of halogens is 1. The summed E-state index contributed by atoms with van der Waals surface area (Å²) in [5, 5.41) is 6.52. The van der Waals surface area contributed by atoms with Crippen LogP contribution in [0.15, 0.2) is 58.4 Å². The molecular weight excluding hydrogens is 482 g/mol. The molecular formula is C23H20ClN3O4S2. The molecule has 170 valence electrons. The predicted molar refractivity (Wildman–Crippen MR) is 126 cm³/mol. The van der Waals surface area contributed by atoms with E-state index in [9.17, 15) is 9.59 Å². The minimum absolute atomic E-state index is 0.0121. The molecule has 5 rings (SSSR count). The Kier molecular flexibility index (Phi) is 6.49. The quantitative estimate of drug-likeness (QED) is 0.417. The molecule has 2 fully saturated rings. The number of carbonyl (C=O) groups excluding carboxylic acids is 2. The molecule has 33 heavy (non-hydrogen) atoms. The third kappa shape index (κ3) is 4.43. The van der Waals surface area contributed by atoms with Crippen LogP contribution >= 0.6 is 34.7 Å². The molecule has 3 aromatic rings. The lowest BCUT2D eigenvalue weighted by atomic mass is 9.82. The van der Waals surface area contributed by atoms with Crippen LogP contribution in [-0.2, 0) is 24.7 Å². The van der Waals surface area contributed by atoms with Gasteiger partial charge >= 0.3 is 5.97 Å². The zero-order valence-corrected chi connectivity index (χ0v) is 19.8. The van der Waals surface area contributed by atoms with Crippen molar-refractivity contribution in [1.82, 2.24) is 15.3 Å². The van der Waals surface area contributed by atoms with Gasteiger partial charge in [0, 0.05) is 41.5 Å². The molecule has 0 radical (unpaired) electrons. The lowest BCUT2D eigenvalue weighted by molar-refractivity contribution is -0.165. The highest BCUT2D eigenvalue weighted by Crippen LogP contribution is 2.44. The van der Waals surface area contributed by atoms with Crippen LogP contribution in [0.3, 0.4) is 0 Å². The molecule has 0 spiro atoms. The zero-order valence-electron chi connectivity index (χ0n) is 17.4. The largest absolute Gasteiger partial charge is 0.447 e. The molecule has 0 amide bonds. The smallest absolute Gasteiger partial charge is 0.328 e. The predicted octanol–water partition coefficient (Wildman–Crippen LogP) is 3.77. The number of ether oxygens (including phenoxy) is 2. The number of esters is 1. The van der Waals surface area contributed by atoms with Gasteiger partial charge in [0.1, 0.15) is 6.10 Å². The number of hydrogen-bond acceptors (Lipinski definition) is 9. The summed E-state index contributed by atoms with van der Waals surface area (Å²) >= 11 is 8.82. The molecule has 7 nitrogen and oxygen atoms in total. The SMILES string of the molecule is O=C1CC(c2cnc(C3CNCCO3)nc2)(c2ccsc2)OC(=O)C1Sc1ccccc1Cl.